The molecule has 5 rings (SSSR count). The molecule has 0 bridgehead atoms. The zero-order chi connectivity index (χ0) is 25.8. The maximum absolute atomic E-state index is 6.42. The quantitative estimate of drug-likeness (QED) is 0.230. The summed E-state index contributed by atoms with van der Waals surface area (Å²) in [6.45, 7) is 15.0. The Hall–Kier alpha value is -3.93. The number of pyridine rings is 2. The molecule has 0 spiro atoms. The van der Waals surface area contributed by atoms with Gasteiger partial charge in [-0.2, -0.15) is 0 Å². The van der Waals surface area contributed by atoms with E-state index >= 15 is 0 Å². The number of fused-ring (bicyclic) bond motifs is 1. The van der Waals surface area contributed by atoms with Crippen molar-refractivity contribution < 1.29 is 9.30 Å². The number of imidazole rings is 2. The lowest BCUT2D eigenvalue weighted by atomic mass is 9.87. The maximum atomic E-state index is 6.42. The average Bonchev–Trinajstić information content (AvgIpc) is 3.27. The highest BCUT2D eigenvalue weighted by Gasteiger charge is 2.18. The van der Waals surface area contributed by atoms with Gasteiger partial charge in [0.1, 0.15) is 17.1 Å². The monoisotopic (exact) mass is 479 g/mol. The molecule has 0 aliphatic heterocycles. The molecular weight excluding hydrogens is 446 g/mol. The van der Waals surface area contributed by atoms with E-state index in [1.807, 2.05) is 49.0 Å². The summed E-state index contributed by atoms with van der Waals surface area (Å²) in [5.74, 6) is 1.47. The highest BCUT2D eigenvalue weighted by Crippen LogP contribution is 2.32. The largest absolute Gasteiger partial charge is 0.458 e. The van der Waals surface area contributed by atoms with E-state index in [9.17, 15) is 0 Å². The Morgan fingerprint density at radius 3 is 2.39 bits per heavy atom. The van der Waals surface area contributed by atoms with E-state index < -0.39 is 0 Å². The molecule has 0 radical (unpaired) electrons. The van der Waals surface area contributed by atoms with Crippen LogP contribution in [-0.2, 0) is 12.5 Å². The molecule has 1 aromatic carbocycles. The summed E-state index contributed by atoms with van der Waals surface area (Å²) in [7, 11) is 2.01. The number of benzene rings is 1. The first-order valence-corrected chi connectivity index (χ1v) is 12.2. The van der Waals surface area contributed by atoms with E-state index in [1.54, 1.807) is 0 Å². The van der Waals surface area contributed by atoms with Crippen LogP contribution in [0, 0.1) is 34.0 Å². The number of nitrogens with zero attached hydrogens (tertiary/aromatic N) is 5. The van der Waals surface area contributed by atoms with Crippen molar-refractivity contribution in [2.24, 2.45) is 7.05 Å². The summed E-state index contributed by atoms with van der Waals surface area (Å²) >= 11 is 0. The number of aromatic nitrogens is 5. The first-order chi connectivity index (χ1) is 17.0. The standard InChI is InChI=1S/C30H33N5O/c1-19-20(2)35-28(27-14-23(12-13-31-27)30(5,6)7)16-26(17-29(35)32-19)36-25-11-9-10-24(15-25)34-18-33(8)21(3)22(34)4/h9-17H,1-8H3. The number of hydrogen-bond acceptors (Lipinski definition) is 3. The molecule has 4 aromatic heterocycles. The van der Waals surface area contributed by atoms with E-state index in [-0.39, 0.29) is 5.41 Å². The van der Waals surface area contributed by atoms with Crippen molar-refractivity contribution in [1.29, 1.82) is 0 Å². The Balaban J connectivity index is 1.60. The molecule has 0 saturated heterocycles. The van der Waals surface area contributed by atoms with Crippen LogP contribution in [0.1, 0.15) is 49.1 Å². The Morgan fingerprint density at radius 1 is 0.917 bits per heavy atom. The van der Waals surface area contributed by atoms with Crippen LogP contribution in [0.15, 0.2) is 54.7 Å². The minimum absolute atomic E-state index is 0.0217. The van der Waals surface area contributed by atoms with Gasteiger partial charge in [-0.1, -0.05) is 32.9 Å². The van der Waals surface area contributed by atoms with Gasteiger partial charge < -0.3 is 13.9 Å². The predicted molar refractivity (Wildman–Crippen MR) is 142 cm³/mol. The summed E-state index contributed by atoms with van der Waals surface area (Å²) in [6, 6.07) is 16.4. The third kappa shape index (κ3) is 4.17. The maximum Gasteiger partial charge on any atom is 0.243 e. The first-order valence-electron chi connectivity index (χ1n) is 12.2. The van der Waals surface area contributed by atoms with Crippen LogP contribution < -0.4 is 9.30 Å². The topological polar surface area (TPSA) is 48.2 Å². The minimum atomic E-state index is 0.0217. The van der Waals surface area contributed by atoms with E-state index in [4.69, 9.17) is 14.7 Å². The van der Waals surface area contributed by atoms with Gasteiger partial charge in [-0.15, -0.1) is 0 Å². The molecule has 0 amide bonds. The Morgan fingerprint density at radius 2 is 1.69 bits per heavy atom. The Kier molecular flexibility index (Phi) is 5.70. The molecule has 0 fully saturated rings. The Labute approximate surface area is 212 Å². The molecule has 0 aliphatic carbocycles. The van der Waals surface area contributed by atoms with Gasteiger partial charge in [0.25, 0.3) is 0 Å². The van der Waals surface area contributed by atoms with Crippen molar-refractivity contribution in [1.82, 2.24) is 18.9 Å². The molecule has 0 unspecified atom stereocenters. The van der Waals surface area contributed by atoms with E-state index in [2.05, 4.69) is 81.1 Å². The van der Waals surface area contributed by atoms with Gasteiger partial charge in [-0.25, -0.2) is 4.98 Å². The van der Waals surface area contributed by atoms with Gasteiger partial charge in [0.15, 0.2) is 0 Å². The second kappa shape index (κ2) is 8.63. The Bertz CT molecular complexity index is 1600. The van der Waals surface area contributed by atoms with E-state index in [1.165, 1.54) is 11.3 Å². The van der Waals surface area contributed by atoms with Gasteiger partial charge >= 0.3 is 0 Å². The van der Waals surface area contributed by atoms with Crippen LogP contribution >= 0.6 is 0 Å². The second-order valence-corrected chi connectivity index (χ2v) is 10.5. The fourth-order valence-electron chi connectivity index (χ4n) is 4.47. The third-order valence-corrected chi connectivity index (χ3v) is 6.97. The van der Waals surface area contributed by atoms with Gasteiger partial charge in [-0.05, 0) is 62.9 Å². The van der Waals surface area contributed by atoms with E-state index in [0.29, 0.717) is 0 Å². The molecular formula is C30H33N5O. The molecule has 0 N–H and O–H groups in total. The van der Waals surface area contributed by atoms with Crippen LogP contribution in [0.5, 0.6) is 11.5 Å². The molecule has 6 heteroatoms. The number of ether oxygens (including phenoxy) is 1. The molecule has 184 valence electrons. The summed E-state index contributed by atoms with van der Waals surface area (Å²) in [5.41, 5.74) is 9.36. The van der Waals surface area contributed by atoms with Gasteiger partial charge in [0, 0.05) is 35.4 Å². The van der Waals surface area contributed by atoms with Crippen molar-refractivity contribution in [3.8, 4) is 28.6 Å². The molecule has 0 atom stereocenters. The fourth-order valence-corrected chi connectivity index (χ4v) is 4.47. The minimum Gasteiger partial charge on any atom is -0.458 e. The number of aryl methyl sites for hydroxylation is 3. The van der Waals surface area contributed by atoms with Gasteiger partial charge in [0.05, 0.1) is 29.8 Å². The van der Waals surface area contributed by atoms with Crippen molar-refractivity contribution in [3.63, 3.8) is 0 Å². The smallest absolute Gasteiger partial charge is 0.243 e. The van der Waals surface area contributed by atoms with Crippen LogP contribution in [0.2, 0.25) is 0 Å². The van der Waals surface area contributed by atoms with Crippen molar-refractivity contribution in [2.45, 2.75) is 53.9 Å². The normalized spacial score (nSPS) is 11.9. The first kappa shape index (κ1) is 23.8. The average molecular weight is 480 g/mol. The molecule has 6 nitrogen and oxygen atoms in total. The lowest BCUT2D eigenvalue weighted by Crippen LogP contribution is -2.32. The zero-order valence-electron chi connectivity index (χ0n) is 22.3. The lowest BCUT2D eigenvalue weighted by Gasteiger charge is -2.20. The third-order valence-electron chi connectivity index (χ3n) is 6.97. The highest BCUT2D eigenvalue weighted by atomic mass is 16.5. The number of hydrogen-bond donors (Lipinski definition) is 0. The van der Waals surface area contributed by atoms with Crippen LogP contribution in [-0.4, -0.2) is 18.9 Å². The number of rotatable bonds is 4. The van der Waals surface area contributed by atoms with Crippen molar-refractivity contribution in [3.05, 3.63) is 89.4 Å². The molecule has 0 saturated carbocycles. The molecule has 4 heterocycles. The predicted octanol–water partition coefficient (Wildman–Crippen LogP) is 6.14. The van der Waals surface area contributed by atoms with Gasteiger partial charge in [-0.3, -0.25) is 9.38 Å². The second-order valence-electron chi connectivity index (χ2n) is 10.5. The fraction of sp³-hybridized carbons (Fsp3) is 0.300. The molecule has 5 aromatic rings. The van der Waals surface area contributed by atoms with Crippen molar-refractivity contribution in [2.75, 3.05) is 0 Å². The summed E-state index contributed by atoms with van der Waals surface area (Å²) in [6.07, 6.45) is 5.24. The van der Waals surface area contributed by atoms with Crippen LogP contribution in [0.4, 0.5) is 0 Å². The van der Waals surface area contributed by atoms with Gasteiger partial charge in [0.2, 0.25) is 6.33 Å². The van der Waals surface area contributed by atoms with Crippen LogP contribution in [0.3, 0.4) is 0 Å². The molecule has 36 heavy (non-hydrogen) atoms. The highest BCUT2D eigenvalue weighted by molar-refractivity contribution is 5.66. The van der Waals surface area contributed by atoms with E-state index in [0.717, 1.165) is 51.3 Å². The van der Waals surface area contributed by atoms with Crippen molar-refractivity contribution >= 4 is 5.65 Å². The van der Waals surface area contributed by atoms with Crippen LogP contribution in [0.25, 0.3) is 22.7 Å². The summed E-state index contributed by atoms with van der Waals surface area (Å²) in [5, 5.41) is 0. The lowest BCUT2D eigenvalue weighted by molar-refractivity contribution is -0.606. The summed E-state index contributed by atoms with van der Waals surface area (Å²) < 4.78 is 12.6. The zero-order valence-corrected chi connectivity index (χ0v) is 22.3. The summed E-state index contributed by atoms with van der Waals surface area (Å²) in [4.78, 5) is 9.54. The molecule has 0 aliphatic rings. The SMILES string of the molecule is Cc1nc2cc(Oc3cccc(-[n+]4[c-]n(C)c(C)c4C)c3)cc(-c3cc(C(C)(C)C)ccn3)n2c1C.